The maximum absolute atomic E-state index is 16.2. The van der Waals surface area contributed by atoms with Crippen molar-refractivity contribution in [2.45, 2.75) is 54.9 Å². The minimum atomic E-state index is -4.50. The van der Waals surface area contributed by atoms with Crippen molar-refractivity contribution < 1.29 is 35.5 Å². The number of halogens is 4. The third-order valence-corrected chi connectivity index (χ3v) is 12.3. The van der Waals surface area contributed by atoms with Gasteiger partial charge in [0.2, 0.25) is 0 Å². The van der Waals surface area contributed by atoms with Gasteiger partial charge in [-0.1, -0.05) is 18.2 Å². The number of sulfonamides is 1. The summed E-state index contributed by atoms with van der Waals surface area (Å²) in [7, 11) is 2.59. The lowest BCUT2D eigenvalue weighted by molar-refractivity contribution is -0.137. The molecule has 284 valence electrons. The summed E-state index contributed by atoms with van der Waals surface area (Å²) in [6.45, 7) is 2.64. The van der Waals surface area contributed by atoms with Crippen molar-refractivity contribution in [2.75, 3.05) is 63.7 Å². The van der Waals surface area contributed by atoms with E-state index >= 15 is 4.39 Å². The van der Waals surface area contributed by atoms with Crippen LogP contribution in [0.15, 0.2) is 84.1 Å². The quantitative estimate of drug-likeness (QED) is 0.147. The Bertz CT molecular complexity index is 2000. The van der Waals surface area contributed by atoms with Gasteiger partial charge in [0, 0.05) is 67.3 Å². The predicted molar refractivity (Wildman–Crippen MR) is 194 cm³/mol. The molecule has 53 heavy (non-hydrogen) atoms. The molecular formula is C38H44F4N6O4S. The number of methoxy groups -OCH3 is 2. The van der Waals surface area contributed by atoms with Crippen molar-refractivity contribution in [2.24, 2.45) is 0 Å². The first kappa shape index (κ1) is 38.3. The van der Waals surface area contributed by atoms with Gasteiger partial charge >= 0.3 is 6.18 Å². The Morgan fingerprint density at radius 3 is 2.47 bits per heavy atom. The number of aryl methyl sites for hydroxylation is 1. The van der Waals surface area contributed by atoms with Crippen LogP contribution in [-0.2, 0) is 29.2 Å². The average Bonchev–Trinajstić information content (AvgIpc) is 3.14. The Hall–Kier alpha value is -4.47. The second-order valence-corrected chi connectivity index (χ2v) is 15.6. The summed E-state index contributed by atoms with van der Waals surface area (Å²) >= 11 is 0. The summed E-state index contributed by atoms with van der Waals surface area (Å²) in [5.74, 6) is 0.0341. The molecule has 0 spiro atoms. The van der Waals surface area contributed by atoms with E-state index in [0.29, 0.717) is 54.2 Å². The fourth-order valence-electron chi connectivity index (χ4n) is 7.45. The number of hydrogen-bond donors (Lipinski definition) is 0. The Kier molecular flexibility index (Phi) is 11.2. The summed E-state index contributed by atoms with van der Waals surface area (Å²) in [5.41, 5.74) is 0.547. The predicted octanol–water partition coefficient (Wildman–Crippen LogP) is 6.26. The zero-order valence-electron chi connectivity index (χ0n) is 30.2. The van der Waals surface area contributed by atoms with Gasteiger partial charge in [-0.2, -0.15) is 13.2 Å². The topological polar surface area (TPSA) is 91.3 Å². The smallest absolute Gasteiger partial charge is 0.416 e. The highest BCUT2D eigenvalue weighted by Crippen LogP contribution is 2.38. The van der Waals surface area contributed by atoms with Crippen molar-refractivity contribution in [1.82, 2.24) is 19.8 Å². The molecule has 15 heteroatoms. The van der Waals surface area contributed by atoms with E-state index in [1.807, 2.05) is 7.05 Å². The van der Waals surface area contributed by atoms with Crippen molar-refractivity contribution in [3.63, 3.8) is 0 Å². The summed E-state index contributed by atoms with van der Waals surface area (Å²) in [4.78, 5) is 14.2. The minimum Gasteiger partial charge on any atom is -0.497 e. The van der Waals surface area contributed by atoms with Crippen molar-refractivity contribution in [3.8, 4) is 11.5 Å². The molecule has 0 radical (unpaired) electrons. The molecule has 6 rings (SSSR count). The minimum absolute atomic E-state index is 0.0487. The fraction of sp³-hybridized carbons (Fsp3) is 0.421. The van der Waals surface area contributed by atoms with Crippen molar-refractivity contribution >= 4 is 21.5 Å². The van der Waals surface area contributed by atoms with E-state index in [4.69, 9.17) is 9.47 Å². The number of nitrogens with zero attached hydrogens (tertiary/aromatic N) is 6. The van der Waals surface area contributed by atoms with E-state index in [-0.39, 0.29) is 18.4 Å². The molecule has 3 heterocycles. The number of likely N-dealkylation sites (N-methyl/N-ethyl adjacent to an activating group) is 2. The normalized spacial score (nSPS) is 18.5. The van der Waals surface area contributed by atoms with Gasteiger partial charge in [-0.25, -0.2) is 27.1 Å². The lowest BCUT2D eigenvalue weighted by atomic mass is 9.80. The summed E-state index contributed by atoms with van der Waals surface area (Å²) in [6.07, 6.45) is 0.813. The molecule has 0 saturated carbocycles. The summed E-state index contributed by atoms with van der Waals surface area (Å²) in [6, 6.07) is 16.3. The highest BCUT2D eigenvalue weighted by molar-refractivity contribution is 7.92. The van der Waals surface area contributed by atoms with E-state index in [0.717, 1.165) is 36.3 Å². The van der Waals surface area contributed by atoms with Gasteiger partial charge in [-0.3, -0.25) is 4.90 Å². The van der Waals surface area contributed by atoms with Crippen LogP contribution >= 0.6 is 0 Å². The summed E-state index contributed by atoms with van der Waals surface area (Å²) < 4.78 is 97.1. The lowest BCUT2D eigenvalue weighted by Gasteiger charge is -2.55. The third kappa shape index (κ3) is 8.21. The molecule has 10 nitrogen and oxygen atoms in total. The third-order valence-electron chi connectivity index (χ3n) is 10.5. The maximum atomic E-state index is 16.2. The second kappa shape index (κ2) is 15.5. The molecule has 1 atom stereocenters. The monoisotopic (exact) mass is 756 g/mol. The van der Waals surface area contributed by atoms with E-state index in [2.05, 4.69) is 31.7 Å². The number of likely N-dealkylation sites (tertiary alicyclic amines) is 1. The van der Waals surface area contributed by atoms with Crippen LogP contribution in [0, 0.1) is 5.82 Å². The number of anilines is 2. The molecule has 4 aromatic rings. The van der Waals surface area contributed by atoms with Gasteiger partial charge in [0.05, 0.1) is 26.3 Å². The Balaban J connectivity index is 1.29. The van der Waals surface area contributed by atoms with E-state index < -0.39 is 38.0 Å². The van der Waals surface area contributed by atoms with Crippen molar-refractivity contribution in [1.29, 1.82) is 0 Å². The largest absolute Gasteiger partial charge is 0.497 e. The van der Waals surface area contributed by atoms with Gasteiger partial charge in [0.1, 0.15) is 34.4 Å². The first-order valence-electron chi connectivity index (χ1n) is 17.4. The van der Waals surface area contributed by atoms with Crippen LogP contribution < -0.4 is 18.7 Å². The molecule has 2 aliphatic rings. The molecule has 2 saturated heterocycles. The number of benzene rings is 3. The molecule has 3 aromatic carbocycles. The molecule has 0 aliphatic carbocycles. The van der Waals surface area contributed by atoms with Crippen LogP contribution in [0.25, 0.3) is 0 Å². The van der Waals surface area contributed by atoms with E-state index in [1.54, 1.807) is 30.3 Å². The summed E-state index contributed by atoms with van der Waals surface area (Å²) in [5, 5.41) is 0. The number of rotatable bonds is 13. The molecule has 0 amide bonds. The van der Waals surface area contributed by atoms with Crippen LogP contribution in [-0.4, -0.2) is 94.3 Å². The number of ether oxygens (including phenoxy) is 2. The number of piperidine rings is 1. The number of hydrogen-bond acceptors (Lipinski definition) is 9. The van der Waals surface area contributed by atoms with Gasteiger partial charge in [-0.15, -0.1) is 0 Å². The molecule has 1 unspecified atom stereocenters. The van der Waals surface area contributed by atoms with Crippen LogP contribution in [0.3, 0.4) is 0 Å². The molecule has 0 N–H and O–H groups in total. The average molecular weight is 757 g/mol. The zero-order valence-corrected chi connectivity index (χ0v) is 31.0. The molecule has 0 bridgehead atoms. The van der Waals surface area contributed by atoms with Crippen LogP contribution in [0.2, 0.25) is 0 Å². The highest BCUT2D eigenvalue weighted by Gasteiger charge is 2.44. The standard InChI is InChI=1S/C38H44F4N6O4S/c1-45-23-31(24-45)46(2)37(16-13-27-7-5-8-29(19-27)38(40,41)42)15-6-18-47(25-37)30-10-12-35(33(39)20-30)53(49,50)48(36-14-17-43-26-44-36)22-28-9-11-32(51-3)21-34(28)52-4/h5,7-12,14,17,19-21,26,31H,6,13,15-16,18,22-25H2,1-4H3. The van der Waals surface area contributed by atoms with E-state index in [1.165, 1.54) is 57.1 Å². The van der Waals surface area contributed by atoms with Crippen LogP contribution in [0.1, 0.15) is 36.0 Å². The second-order valence-electron chi connectivity index (χ2n) is 13.8. The number of aromatic nitrogens is 2. The Morgan fingerprint density at radius 2 is 1.81 bits per heavy atom. The van der Waals surface area contributed by atoms with E-state index in [9.17, 15) is 21.6 Å². The lowest BCUT2D eigenvalue weighted by Crippen LogP contribution is -2.67. The van der Waals surface area contributed by atoms with Crippen LogP contribution in [0.5, 0.6) is 11.5 Å². The first-order valence-corrected chi connectivity index (χ1v) is 18.8. The SMILES string of the molecule is COc1ccc(CN(c2ccncn2)S(=O)(=O)c2ccc(N3CCCC(CCc4cccc(C(F)(F)F)c4)(N(C)C4CN(C)C4)C3)cc2F)c(OC)c1. The Labute approximate surface area is 308 Å². The van der Waals surface area contributed by atoms with Crippen molar-refractivity contribution in [3.05, 3.63) is 102 Å². The number of alkyl halides is 3. The van der Waals surface area contributed by atoms with Gasteiger partial charge < -0.3 is 19.3 Å². The highest BCUT2D eigenvalue weighted by atomic mass is 32.2. The molecular weight excluding hydrogens is 713 g/mol. The van der Waals surface area contributed by atoms with Gasteiger partial charge in [0.25, 0.3) is 10.0 Å². The fourth-order valence-corrected chi connectivity index (χ4v) is 8.90. The Morgan fingerprint density at radius 1 is 1.02 bits per heavy atom. The van der Waals surface area contributed by atoms with Crippen LogP contribution in [0.4, 0.5) is 29.1 Å². The van der Waals surface area contributed by atoms with Gasteiger partial charge in [0.15, 0.2) is 0 Å². The molecule has 2 fully saturated rings. The molecule has 1 aromatic heterocycles. The first-order chi connectivity index (χ1) is 25.2. The van der Waals surface area contributed by atoms with Gasteiger partial charge in [-0.05, 0) is 81.7 Å². The zero-order chi connectivity index (χ0) is 38.0. The maximum Gasteiger partial charge on any atom is 0.416 e. The molecule has 2 aliphatic heterocycles.